The van der Waals surface area contributed by atoms with Crippen molar-refractivity contribution in [3.8, 4) is 5.75 Å². The molecule has 0 bridgehead atoms. The van der Waals surface area contributed by atoms with Gasteiger partial charge in [0.1, 0.15) is 23.9 Å². The monoisotopic (exact) mass is 801 g/mol. The maximum atomic E-state index is 13.3. The third-order valence-corrected chi connectivity index (χ3v) is 13.2. The molecule has 2 aromatic carbocycles. The minimum Gasteiger partial charge on any atom is -0.491 e. The molecule has 310 valence electrons. The van der Waals surface area contributed by atoms with Gasteiger partial charge in [0.05, 0.1) is 35.2 Å². The molecule has 4 fully saturated rings. The Hall–Kier alpha value is -5.21. The van der Waals surface area contributed by atoms with Crippen LogP contribution in [0.4, 0.5) is 11.5 Å². The van der Waals surface area contributed by atoms with E-state index < -0.39 is 23.8 Å². The predicted octanol–water partition coefficient (Wildman–Crippen LogP) is 4.16. The van der Waals surface area contributed by atoms with Crippen LogP contribution in [0.15, 0.2) is 53.8 Å². The lowest BCUT2D eigenvalue weighted by molar-refractivity contribution is -0.136. The molecule has 0 spiro atoms. The van der Waals surface area contributed by atoms with Gasteiger partial charge in [0, 0.05) is 69.6 Å². The fraction of sp³-hybridized carbons (Fsp3) is 0.533. The van der Waals surface area contributed by atoms with Crippen LogP contribution in [-0.2, 0) is 16.1 Å². The molecule has 6 aliphatic heterocycles. The largest absolute Gasteiger partial charge is 0.491 e. The van der Waals surface area contributed by atoms with Gasteiger partial charge < -0.3 is 19.4 Å². The lowest BCUT2D eigenvalue weighted by Gasteiger charge is -2.39. The molecule has 0 saturated carbocycles. The minimum absolute atomic E-state index is 0.111. The molecule has 0 radical (unpaired) electrons. The summed E-state index contributed by atoms with van der Waals surface area (Å²) in [6.07, 6.45) is 8.02. The molecule has 7 heterocycles. The number of rotatable bonds is 11. The number of nitrogens with one attached hydrogen (secondary N) is 1. The maximum Gasteiger partial charge on any atom is 0.262 e. The third-order valence-electron chi connectivity index (χ3n) is 13.2. The first-order chi connectivity index (χ1) is 28.7. The number of carbonyl (C=O) groups excluding carboxylic acids is 4. The van der Waals surface area contributed by atoms with E-state index >= 15 is 0 Å². The summed E-state index contributed by atoms with van der Waals surface area (Å²) in [6.45, 7) is 15.2. The molecule has 14 nitrogen and oxygen atoms in total. The molecule has 1 atom stereocenters. The minimum atomic E-state index is -0.949. The van der Waals surface area contributed by atoms with Gasteiger partial charge in [-0.05, 0) is 120 Å². The van der Waals surface area contributed by atoms with Gasteiger partial charge >= 0.3 is 0 Å². The highest BCUT2D eigenvalue weighted by atomic mass is 16.5. The van der Waals surface area contributed by atoms with Gasteiger partial charge in [-0.2, -0.15) is 0 Å². The highest BCUT2D eigenvalue weighted by molar-refractivity contribution is 6.23. The van der Waals surface area contributed by atoms with E-state index in [4.69, 9.17) is 9.73 Å². The van der Waals surface area contributed by atoms with Crippen LogP contribution < -0.4 is 19.9 Å². The predicted molar refractivity (Wildman–Crippen MR) is 224 cm³/mol. The Bertz CT molecular complexity index is 2130. The van der Waals surface area contributed by atoms with Gasteiger partial charge in [-0.3, -0.25) is 39.3 Å². The number of aliphatic imine (C=N–C) groups is 1. The number of carbonyl (C=O) groups is 4. The number of anilines is 2. The van der Waals surface area contributed by atoms with Crippen LogP contribution in [-0.4, -0.2) is 132 Å². The van der Waals surface area contributed by atoms with Crippen LogP contribution in [0.5, 0.6) is 5.75 Å². The Morgan fingerprint density at radius 2 is 1.51 bits per heavy atom. The fourth-order valence-electron chi connectivity index (χ4n) is 9.80. The lowest BCUT2D eigenvalue weighted by atomic mass is 9.90. The average molecular weight is 802 g/mol. The average Bonchev–Trinajstić information content (AvgIpc) is 3.78. The molecule has 3 aromatic rings. The van der Waals surface area contributed by atoms with Crippen LogP contribution in [0.2, 0.25) is 0 Å². The van der Waals surface area contributed by atoms with Crippen LogP contribution >= 0.6 is 0 Å². The second-order valence-corrected chi connectivity index (χ2v) is 17.4. The van der Waals surface area contributed by atoms with Crippen molar-refractivity contribution in [1.29, 1.82) is 0 Å². The van der Waals surface area contributed by atoms with Crippen molar-refractivity contribution in [3.63, 3.8) is 0 Å². The highest BCUT2D eigenvalue weighted by Crippen LogP contribution is 2.33. The van der Waals surface area contributed by atoms with Gasteiger partial charge in [0.2, 0.25) is 11.8 Å². The normalized spacial score (nSPS) is 22.3. The Balaban J connectivity index is 0.690. The molecule has 9 rings (SSSR count). The van der Waals surface area contributed by atoms with E-state index in [9.17, 15) is 19.2 Å². The number of nitrogens with zero attached hydrogens (tertiary/aromatic N) is 8. The first-order valence-electron chi connectivity index (χ1n) is 21.6. The summed E-state index contributed by atoms with van der Waals surface area (Å²) in [5, 5.41) is 2.26. The molecule has 59 heavy (non-hydrogen) atoms. The molecule has 1 unspecified atom stereocenters. The zero-order chi connectivity index (χ0) is 40.6. The molecule has 0 aliphatic carbocycles. The van der Waals surface area contributed by atoms with Gasteiger partial charge in [0.25, 0.3) is 11.8 Å². The maximum absolute atomic E-state index is 13.3. The first kappa shape index (κ1) is 39.3. The number of hydrogen-bond donors (Lipinski definition) is 1. The van der Waals surface area contributed by atoms with Crippen molar-refractivity contribution < 1.29 is 23.9 Å². The second kappa shape index (κ2) is 16.8. The van der Waals surface area contributed by atoms with Gasteiger partial charge in [0.15, 0.2) is 0 Å². The number of amides is 4. The van der Waals surface area contributed by atoms with E-state index in [1.807, 2.05) is 32.0 Å². The third kappa shape index (κ3) is 8.34. The standard InChI is InChI=1S/C45H55N9O5/c1-29(2)59-34-5-3-32-26-46-42(36(32)24-34)38-25-40(48-28-47-38)53-21-19-50(20-22-53)14-9-30-10-15-51(16-11-30)27-31-12-17-52(18-13-31)33-4-6-35-37(23-33)45(58)54(44(35)57)39-7-8-41(55)49-43(39)56/h3-6,23-25,28-31,39H,7-22,26-27H2,1-2H3,(H,49,55,56). The summed E-state index contributed by atoms with van der Waals surface area (Å²) in [6, 6.07) is 12.8. The Kier molecular flexibility index (Phi) is 11.2. The molecule has 1 N–H and O–H groups in total. The van der Waals surface area contributed by atoms with Gasteiger partial charge in [-0.15, -0.1) is 0 Å². The van der Waals surface area contributed by atoms with Crippen molar-refractivity contribution >= 4 is 40.8 Å². The molecule has 1 aromatic heterocycles. The Labute approximate surface area is 346 Å². The summed E-state index contributed by atoms with van der Waals surface area (Å²) in [5.74, 6) is 1.37. The number of hydrogen-bond acceptors (Lipinski definition) is 12. The van der Waals surface area contributed by atoms with Crippen molar-refractivity contribution in [2.24, 2.45) is 16.8 Å². The van der Waals surface area contributed by atoms with Crippen molar-refractivity contribution in [3.05, 3.63) is 76.7 Å². The highest BCUT2D eigenvalue weighted by Gasteiger charge is 2.45. The summed E-state index contributed by atoms with van der Waals surface area (Å²) >= 11 is 0. The van der Waals surface area contributed by atoms with E-state index in [1.54, 1.807) is 12.4 Å². The number of benzene rings is 2. The second-order valence-electron chi connectivity index (χ2n) is 17.4. The SMILES string of the molecule is CC(C)Oc1ccc2c(c1)C(c1cc(N3CCN(CCC4CCN(CC5CCN(c6ccc7c(c6)C(=O)N(C6CCC(=O)NC6=O)C7=O)CC5)CC4)CC3)ncn1)=NC2. The van der Waals surface area contributed by atoms with Gasteiger partial charge in [-0.1, -0.05) is 6.07 Å². The number of piperazine rings is 1. The Morgan fingerprint density at radius 3 is 2.27 bits per heavy atom. The van der Waals surface area contributed by atoms with Crippen LogP contribution in [0.3, 0.4) is 0 Å². The summed E-state index contributed by atoms with van der Waals surface area (Å²) < 4.78 is 5.96. The Morgan fingerprint density at radius 1 is 0.746 bits per heavy atom. The van der Waals surface area contributed by atoms with E-state index in [0.29, 0.717) is 23.6 Å². The van der Waals surface area contributed by atoms with E-state index in [-0.39, 0.29) is 24.9 Å². The molecule has 14 heteroatoms. The van der Waals surface area contributed by atoms with Crippen molar-refractivity contribution in [2.45, 2.75) is 77.5 Å². The summed E-state index contributed by atoms with van der Waals surface area (Å²) in [4.78, 5) is 75.7. The molecule has 4 amide bonds. The van der Waals surface area contributed by atoms with Crippen molar-refractivity contribution in [1.82, 2.24) is 30.0 Å². The van der Waals surface area contributed by atoms with Crippen molar-refractivity contribution in [2.75, 3.05) is 75.2 Å². The van der Waals surface area contributed by atoms with E-state index in [0.717, 1.165) is 110 Å². The van der Waals surface area contributed by atoms with E-state index in [2.05, 4.69) is 53.1 Å². The number of aromatic nitrogens is 2. The van der Waals surface area contributed by atoms with Crippen LogP contribution in [0.1, 0.15) is 96.3 Å². The van der Waals surface area contributed by atoms with Crippen LogP contribution in [0, 0.1) is 11.8 Å². The zero-order valence-electron chi connectivity index (χ0n) is 34.3. The molecule has 6 aliphatic rings. The number of fused-ring (bicyclic) bond motifs is 2. The summed E-state index contributed by atoms with van der Waals surface area (Å²) in [5.41, 5.74) is 5.69. The zero-order valence-corrected chi connectivity index (χ0v) is 34.3. The number of likely N-dealkylation sites (tertiary alicyclic amines) is 1. The summed E-state index contributed by atoms with van der Waals surface area (Å²) in [7, 11) is 0. The number of piperidine rings is 3. The first-order valence-corrected chi connectivity index (χ1v) is 21.6. The fourth-order valence-corrected chi connectivity index (χ4v) is 9.80. The smallest absolute Gasteiger partial charge is 0.262 e. The molecular weight excluding hydrogens is 747 g/mol. The van der Waals surface area contributed by atoms with E-state index in [1.165, 1.54) is 37.9 Å². The topological polar surface area (TPSA) is 144 Å². The quantitative estimate of drug-likeness (QED) is 0.280. The van der Waals surface area contributed by atoms with Crippen LogP contribution in [0.25, 0.3) is 0 Å². The lowest BCUT2D eigenvalue weighted by Crippen LogP contribution is -2.54. The van der Waals surface area contributed by atoms with Gasteiger partial charge in [-0.25, -0.2) is 9.97 Å². The molecular formula is C45H55N9O5. The molecule has 4 saturated heterocycles. The number of imide groups is 2. The number of ether oxygens (including phenoxy) is 1.